The van der Waals surface area contributed by atoms with E-state index in [1.54, 1.807) is 7.05 Å². The zero-order valence-electron chi connectivity index (χ0n) is 9.12. The molecule has 1 saturated heterocycles. The first-order valence-corrected chi connectivity index (χ1v) is 5.00. The van der Waals surface area contributed by atoms with Crippen molar-refractivity contribution in [1.82, 2.24) is 9.97 Å². The lowest BCUT2D eigenvalue weighted by atomic mass is 10.2. The molecule has 0 unspecified atom stereocenters. The lowest BCUT2D eigenvalue weighted by Crippen LogP contribution is -2.39. The molecule has 0 spiro atoms. The minimum atomic E-state index is -1.10. The first kappa shape index (κ1) is 11.6. The van der Waals surface area contributed by atoms with Gasteiger partial charge >= 0.3 is 5.69 Å². The van der Waals surface area contributed by atoms with E-state index in [0.717, 1.165) is 12.4 Å². The Balaban J connectivity index is 2.14. The smallest absolute Gasteiger partial charge is 0.305 e. The van der Waals surface area contributed by atoms with Gasteiger partial charge in [0, 0.05) is 7.05 Å². The predicted octanol–water partition coefficient (Wildman–Crippen LogP) is 0.558. The number of anilines is 1. The Labute approximate surface area is 96.4 Å². The summed E-state index contributed by atoms with van der Waals surface area (Å²) in [6.45, 7) is 0.319. The maximum atomic E-state index is 13.4. The van der Waals surface area contributed by atoms with Crippen LogP contribution in [-0.2, 0) is 4.74 Å². The average molecular weight is 242 g/mol. The first-order valence-electron chi connectivity index (χ1n) is 5.00. The van der Waals surface area contributed by atoms with Gasteiger partial charge in [-0.05, 0) is 0 Å². The van der Waals surface area contributed by atoms with Crippen LogP contribution in [-0.4, -0.2) is 47.4 Å². The number of nitrogens with zero attached hydrogens (tertiary/aromatic N) is 4. The van der Waals surface area contributed by atoms with Crippen molar-refractivity contribution in [2.24, 2.45) is 0 Å². The fourth-order valence-electron chi connectivity index (χ4n) is 1.61. The molecule has 0 amide bonds. The molecule has 1 aromatic rings. The molecule has 0 bridgehead atoms. The van der Waals surface area contributed by atoms with Gasteiger partial charge in [0.1, 0.15) is 18.6 Å². The second kappa shape index (κ2) is 4.58. The van der Waals surface area contributed by atoms with Gasteiger partial charge in [-0.25, -0.2) is 14.4 Å². The van der Waals surface area contributed by atoms with E-state index < -0.39 is 17.1 Å². The van der Waals surface area contributed by atoms with E-state index in [-0.39, 0.29) is 24.8 Å². The molecule has 1 aliphatic heterocycles. The summed E-state index contributed by atoms with van der Waals surface area (Å²) in [5.41, 5.74) is -0.193. The zero-order chi connectivity index (χ0) is 12.4. The predicted molar refractivity (Wildman–Crippen MR) is 56.6 cm³/mol. The van der Waals surface area contributed by atoms with Crippen molar-refractivity contribution in [1.29, 1.82) is 0 Å². The molecule has 2 atom stereocenters. The van der Waals surface area contributed by atoms with Gasteiger partial charge in [-0.2, -0.15) is 0 Å². The lowest BCUT2D eigenvalue weighted by molar-refractivity contribution is -0.385. The summed E-state index contributed by atoms with van der Waals surface area (Å²) < 4.78 is 18.4. The number of likely N-dealkylation sites (N-methyl/N-ethyl adjacent to an activating group) is 1. The van der Waals surface area contributed by atoms with E-state index in [0.29, 0.717) is 0 Å². The third kappa shape index (κ3) is 2.31. The molecule has 0 radical (unpaired) electrons. The molecular formula is C9H11FN4O3. The summed E-state index contributed by atoms with van der Waals surface area (Å²) in [4.78, 5) is 19.0. The highest BCUT2D eigenvalue weighted by atomic mass is 19.1. The van der Waals surface area contributed by atoms with Crippen LogP contribution in [0.2, 0.25) is 0 Å². The molecule has 2 rings (SSSR count). The topological polar surface area (TPSA) is 81.4 Å². The Morgan fingerprint density at radius 1 is 1.53 bits per heavy atom. The number of alkyl halides is 1. The van der Waals surface area contributed by atoms with E-state index in [4.69, 9.17) is 4.74 Å². The van der Waals surface area contributed by atoms with Gasteiger partial charge in [0.2, 0.25) is 5.95 Å². The molecular weight excluding hydrogens is 231 g/mol. The number of aromatic nitrogens is 2. The normalized spacial score (nSPS) is 23.6. The van der Waals surface area contributed by atoms with Crippen molar-refractivity contribution in [3.05, 3.63) is 22.5 Å². The average Bonchev–Trinajstić information content (AvgIpc) is 2.74. The van der Waals surface area contributed by atoms with Crippen molar-refractivity contribution in [2.45, 2.75) is 12.2 Å². The maximum Gasteiger partial charge on any atom is 0.305 e. The highest BCUT2D eigenvalue weighted by Crippen LogP contribution is 2.19. The summed E-state index contributed by atoms with van der Waals surface area (Å²) in [6, 6.07) is -0.448. The standard InChI is InChI=1S/C9H11FN4O3/c1-13(8-5-17-4-7(8)10)9-11-2-6(3-12-9)14(15)16/h2-3,7-8H,4-5H2,1H3/t7-,8-/m1/s1. The number of hydrogen-bond donors (Lipinski definition) is 0. The van der Waals surface area contributed by atoms with Crippen molar-refractivity contribution in [3.63, 3.8) is 0 Å². The molecule has 0 N–H and O–H groups in total. The molecule has 92 valence electrons. The monoisotopic (exact) mass is 242 g/mol. The van der Waals surface area contributed by atoms with Gasteiger partial charge in [0.05, 0.1) is 24.2 Å². The van der Waals surface area contributed by atoms with Gasteiger partial charge < -0.3 is 9.64 Å². The van der Waals surface area contributed by atoms with E-state index in [9.17, 15) is 14.5 Å². The Morgan fingerprint density at radius 3 is 2.65 bits per heavy atom. The molecule has 0 aromatic carbocycles. The highest BCUT2D eigenvalue weighted by molar-refractivity contribution is 5.34. The van der Waals surface area contributed by atoms with Crippen molar-refractivity contribution in [3.8, 4) is 0 Å². The number of nitro groups is 1. The van der Waals surface area contributed by atoms with Crippen LogP contribution in [0.4, 0.5) is 16.0 Å². The molecule has 8 heteroatoms. The lowest BCUT2D eigenvalue weighted by Gasteiger charge is -2.24. The fraction of sp³-hybridized carbons (Fsp3) is 0.556. The first-order chi connectivity index (χ1) is 8.09. The minimum absolute atomic E-state index is 0.0575. The molecule has 0 saturated carbocycles. The summed E-state index contributed by atoms with van der Waals surface area (Å²) in [7, 11) is 1.63. The second-order valence-electron chi connectivity index (χ2n) is 3.73. The third-order valence-electron chi connectivity index (χ3n) is 2.63. The van der Waals surface area contributed by atoms with Crippen molar-refractivity contribution < 1.29 is 14.1 Å². The highest BCUT2D eigenvalue weighted by Gasteiger charge is 2.32. The Kier molecular flexibility index (Phi) is 3.14. The SMILES string of the molecule is CN(c1ncc([N+](=O)[O-])cn1)[C@@H]1COC[C@H]1F. The van der Waals surface area contributed by atoms with E-state index in [2.05, 4.69) is 9.97 Å². The molecule has 2 heterocycles. The van der Waals surface area contributed by atoms with Gasteiger partial charge in [-0.1, -0.05) is 0 Å². The van der Waals surface area contributed by atoms with Gasteiger partial charge in [0.25, 0.3) is 0 Å². The minimum Gasteiger partial charge on any atom is -0.376 e. The van der Waals surface area contributed by atoms with Crippen LogP contribution in [0.3, 0.4) is 0 Å². The quantitative estimate of drug-likeness (QED) is 0.569. The second-order valence-corrected chi connectivity index (χ2v) is 3.73. The van der Waals surface area contributed by atoms with E-state index >= 15 is 0 Å². The Bertz CT molecular complexity index is 413. The molecule has 0 aliphatic carbocycles. The maximum absolute atomic E-state index is 13.4. The molecule has 1 aliphatic rings. The number of ether oxygens (including phenoxy) is 1. The summed E-state index contributed by atoms with van der Waals surface area (Å²) in [5.74, 6) is 0.244. The van der Waals surface area contributed by atoms with Crippen LogP contribution < -0.4 is 4.90 Å². The molecule has 17 heavy (non-hydrogen) atoms. The molecule has 7 nitrogen and oxygen atoms in total. The van der Waals surface area contributed by atoms with Gasteiger partial charge in [-0.3, -0.25) is 10.1 Å². The summed E-state index contributed by atoms with van der Waals surface area (Å²) in [5, 5.41) is 10.4. The van der Waals surface area contributed by atoms with Crippen molar-refractivity contribution in [2.75, 3.05) is 25.2 Å². The van der Waals surface area contributed by atoms with Crippen LogP contribution >= 0.6 is 0 Å². The number of hydrogen-bond acceptors (Lipinski definition) is 6. The molecule has 1 fully saturated rings. The van der Waals surface area contributed by atoms with Crippen molar-refractivity contribution >= 4 is 11.6 Å². The number of halogens is 1. The largest absolute Gasteiger partial charge is 0.376 e. The van der Waals surface area contributed by atoms with Gasteiger partial charge in [-0.15, -0.1) is 0 Å². The van der Waals surface area contributed by atoms with Crippen LogP contribution in [0.15, 0.2) is 12.4 Å². The molecule has 1 aromatic heterocycles. The number of rotatable bonds is 3. The van der Waals surface area contributed by atoms with Gasteiger partial charge in [0.15, 0.2) is 0 Å². The van der Waals surface area contributed by atoms with Crippen LogP contribution in [0.5, 0.6) is 0 Å². The van der Waals surface area contributed by atoms with E-state index in [1.165, 1.54) is 4.90 Å². The Hall–Kier alpha value is -1.83. The fourth-order valence-corrected chi connectivity index (χ4v) is 1.61. The Morgan fingerprint density at radius 2 is 2.18 bits per heavy atom. The summed E-state index contributed by atoms with van der Waals surface area (Å²) >= 11 is 0. The van der Waals surface area contributed by atoms with Crippen LogP contribution in [0.1, 0.15) is 0 Å². The van der Waals surface area contributed by atoms with E-state index in [1.807, 2.05) is 0 Å². The van der Waals surface area contributed by atoms with Crippen LogP contribution in [0.25, 0.3) is 0 Å². The third-order valence-corrected chi connectivity index (χ3v) is 2.63. The zero-order valence-corrected chi connectivity index (χ0v) is 9.12. The summed E-state index contributed by atoms with van der Waals surface area (Å²) in [6.07, 6.45) is 1.10. The van der Waals surface area contributed by atoms with Crippen LogP contribution in [0, 0.1) is 10.1 Å².